The minimum Gasteiger partial charge on any atom is -0.756 e. The summed E-state index contributed by atoms with van der Waals surface area (Å²) in [5, 5.41) is 34.8. The van der Waals surface area contributed by atoms with Gasteiger partial charge in [0.25, 0.3) is 21.6 Å². The number of primary amides is 4. The minimum absolute atomic E-state index is 0. The Labute approximate surface area is 551 Å². The van der Waals surface area contributed by atoms with Crippen molar-refractivity contribution in [3.63, 3.8) is 0 Å². The average Bonchev–Trinajstić information content (AvgIpc) is 1.54. The van der Waals surface area contributed by atoms with Crippen LogP contribution in [0, 0.1) is 52.8 Å². The Morgan fingerprint density at radius 1 is 0.892 bits per heavy atom. The van der Waals surface area contributed by atoms with Crippen LogP contribution >= 0.6 is 15.6 Å². The van der Waals surface area contributed by atoms with Crippen LogP contribution in [0.1, 0.15) is 144 Å². The third-order valence-corrected chi connectivity index (χ3v) is 22.0. The summed E-state index contributed by atoms with van der Waals surface area (Å²) in [6.45, 7) is 17.3. The van der Waals surface area contributed by atoms with Crippen LogP contribution < -0.4 is 65.9 Å². The van der Waals surface area contributed by atoms with Gasteiger partial charge in [-0.05, 0) is 89.4 Å². The number of ether oxygens (including phenoxy) is 1. The van der Waals surface area contributed by atoms with Gasteiger partial charge in [0.2, 0.25) is 29.5 Å². The Hall–Kier alpha value is -5.61. The molecule has 2 fully saturated rings. The maximum Gasteiger partial charge on any atom is 2.00 e. The quantitative estimate of drug-likeness (QED) is 0.0387. The van der Waals surface area contributed by atoms with Crippen molar-refractivity contribution in [2.45, 2.75) is 176 Å². The molecule has 0 spiro atoms. The maximum atomic E-state index is 14.1. The van der Waals surface area contributed by atoms with Gasteiger partial charge in [0.15, 0.2) is 18.2 Å². The van der Waals surface area contributed by atoms with Gasteiger partial charge in [0, 0.05) is 108 Å². The number of hydrogen-bond donors (Lipinski definition) is 12. The number of nitrogens with one attached hydrogen (secondary N) is 3. The van der Waals surface area contributed by atoms with Crippen molar-refractivity contribution >= 4 is 74.5 Å². The van der Waals surface area contributed by atoms with Gasteiger partial charge in [-0.2, -0.15) is 5.70 Å². The van der Waals surface area contributed by atoms with Crippen molar-refractivity contribution in [1.82, 2.24) is 20.2 Å². The summed E-state index contributed by atoms with van der Waals surface area (Å²) in [7, 11) is -11.6. The number of allylic oxidation sites excluding steroid dienone is 6. The number of phosphoric ester groups is 2. The van der Waals surface area contributed by atoms with E-state index in [0.29, 0.717) is 34.8 Å². The molecular weight excluding hydrogens is 1300 g/mol. The molecule has 521 valence electrons. The minimum atomic E-state index is -5.82. The zero-order chi connectivity index (χ0) is 67.9. The van der Waals surface area contributed by atoms with E-state index in [2.05, 4.69) is 25.2 Å². The zero-order valence-corrected chi connectivity index (χ0v) is 57.2. The van der Waals surface area contributed by atoms with E-state index in [-0.39, 0.29) is 106 Å². The Kier molecular flexibility index (Phi) is 25.0. The Morgan fingerprint density at radius 2 is 1.49 bits per heavy atom. The van der Waals surface area contributed by atoms with Gasteiger partial charge in [0.05, 0.1) is 19.0 Å². The van der Waals surface area contributed by atoms with Crippen LogP contribution in [-0.2, 0) is 68.0 Å². The second kappa shape index (κ2) is 29.8. The van der Waals surface area contributed by atoms with Gasteiger partial charge in [-0.1, -0.05) is 52.7 Å². The van der Waals surface area contributed by atoms with Crippen molar-refractivity contribution < 1.29 is 92.8 Å². The van der Waals surface area contributed by atoms with Gasteiger partial charge in [0.1, 0.15) is 24.1 Å². The molecule has 1 aromatic rings. The SMILES string of the molecule is CC(C)=C1[N-]C(C)(C2N=C(/C(C)=C3N=C(/C=C4\N=CC(C)(CC(N)=O)C4CCC(N)=O)C(C)(C)C\3CCC(N)=O)C(C)(CCC(=O)NCC(C)OP(=O)([O-])OP(=O)([O-])OCC3OC(n4cnc5c4NC(N)NC5=O)C(O)C3O)C2CN)C(C)(CN)C1CCC(N)=O.[CH3-].[Co+2]. The number of fused-ring (bicyclic) bond motifs is 1. The monoisotopic (exact) mass is 1390 g/mol. The topological polar surface area (TPSA) is 547 Å². The van der Waals surface area contributed by atoms with Crippen LogP contribution in [0.2, 0.25) is 0 Å². The van der Waals surface area contributed by atoms with Gasteiger partial charge >= 0.3 is 16.8 Å². The van der Waals surface area contributed by atoms with Crippen molar-refractivity contribution in [3.8, 4) is 0 Å². The van der Waals surface area contributed by atoms with Crippen molar-refractivity contribution in [2.75, 3.05) is 31.6 Å². The van der Waals surface area contributed by atoms with Crippen LogP contribution in [0.25, 0.3) is 5.32 Å². The molecule has 32 nitrogen and oxygen atoms in total. The Bertz CT molecular complexity index is 3340. The summed E-state index contributed by atoms with van der Waals surface area (Å²) in [6, 6.07) is -0.723. The Balaban J connectivity index is 0.00000784. The van der Waals surface area contributed by atoms with Crippen LogP contribution in [0.3, 0.4) is 0 Å². The molecular formula is C58H92CoN16O16P2-2. The van der Waals surface area contributed by atoms with Gasteiger partial charge in [-0.25, -0.2) is 9.29 Å². The summed E-state index contributed by atoms with van der Waals surface area (Å²) < 4.78 is 46.9. The number of amides is 6. The summed E-state index contributed by atoms with van der Waals surface area (Å²) in [5.74, 6) is -5.19. The van der Waals surface area contributed by atoms with Gasteiger partial charge < -0.3 is 96.9 Å². The fourth-order valence-electron chi connectivity index (χ4n) is 14.0. The van der Waals surface area contributed by atoms with Crippen molar-refractivity contribution in [3.05, 3.63) is 59.1 Å². The van der Waals surface area contributed by atoms with E-state index >= 15 is 0 Å². The number of aliphatic hydroxyl groups excluding tert-OH is 2. The number of carbonyl (C=O) groups is 6. The molecule has 6 aliphatic rings. The van der Waals surface area contributed by atoms with Crippen LogP contribution in [0.15, 0.2) is 55.6 Å². The first-order chi connectivity index (χ1) is 42.2. The van der Waals surface area contributed by atoms with Crippen LogP contribution in [-0.4, -0.2) is 141 Å². The van der Waals surface area contributed by atoms with Crippen LogP contribution in [0.4, 0.5) is 5.82 Å². The second-order valence-electron chi connectivity index (χ2n) is 26.3. The first kappa shape index (κ1) is 78.1. The van der Waals surface area contributed by atoms with E-state index in [9.17, 15) is 57.9 Å². The van der Waals surface area contributed by atoms with Gasteiger partial charge in [-0.3, -0.25) is 63.2 Å². The van der Waals surface area contributed by atoms with E-state index in [1.807, 2.05) is 68.4 Å². The average molecular weight is 1390 g/mol. The molecule has 6 amide bonds. The number of aliphatic hydroxyl groups is 2. The number of anilines is 1. The van der Waals surface area contributed by atoms with E-state index in [0.717, 1.165) is 22.2 Å². The molecule has 0 bridgehead atoms. The number of nitrogens with zero attached hydrogens (tertiary/aromatic N) is 6. The molecule has 2 saturated heterocycles. The molecule has 19 N–H and O–H groups in total. The van der Waals surface area contributed by atoms with Gasteiger partial charge in [-0.15, -0.1) is 0 Å². The molecule has 6 aliphatic heterocycles. The normalized spacial score (nSPS) is 33.5. The molecule has 93 heavy (non-hydrogen) atoms. The summed E-state index contributed by atoms with van der Waals surface area (Å²) in [4.78, 5) is 122. The second-order valence-corrected chi connectivity index (χ2v) is 29.2. The molecule has 7 heterocycles. The van der Waals surface area contributed by atoms with E-state index in [1.165, 1.54) is 6.92 Å². The predicted molar refractivity (Wildman–Crippen MR) is 336 cm³/mol. The number of aliphatic imine (C=N–C) groups is 3. The molecule has 35 heteroatoms. The number of imidazole rings is 1. The molecule has 0 aliphatic carbocycles. The first-order valence-electron chi connectivity index (χ1n) is 30.1. The van der Waals surface area contributed by atoms with Crippen molar-refractivity contribution in [2.24, 2.45) is 100 Å². The zero-order valence-electron chi connectivity index (χ0n) is 54.3. The number of phosphoric acid groups is 2. The third kappa shape index (κ3) is 16.3. The van der Waals surface area contributed by atoms with E-state index in [4.69, 9.17) is 74.2 Å². The van der Waals surface area contributed by atoms with Crippen LogP contribution in [0.5, 0.6) is 0 Å². The number of nitrogens with two attached hydrogens (primary N) is 7. The molecule has 7 rings (SSSR count). The summed E-state index contributed by atoms with van der Waals surface area (Å²) >= 11 is 0. The fraction of sp³-hybridized carbons (Fsp3) is 0.672. The summed E-state index contributed by atoms with van der Waals surface area (Å²) in [5.41, 5.74) is 42.1. The third-order valence-electron chi connectivity index (χ3n) is 19.3. The van der Waals surface area contributed by atoms with Crippen molar-refractivity contribution in [1.29, 1.82) is 0 Å². The largest absolute Gasteiger partial charge is 2.00 e. The molecule has 1 aromatic heterocycles. The predicted octanol–water partition coefficient (Wildman–Crippen LogP) is 0.678. The van der Waals surface area contributed by atoms with E-state index < -0.39 is 152 Å². The fourth-order valence-corrected chi connectivity index (χ4v) is 16.2. The standard InChI is InChI=1S/C57H91N16O16P2.CH3.Co/c1-27(2)42-32(13-16-39(62)76)56(9,24-59)57(10,72-42)48-33(21-58)55(8,47(69-48)29(4)43-31(12-15-38(61)75)53(5,6)36(68-43)19-34-30(11-14-37(60)74)54(7,25-66-34)20-40(63)77)18-17-41(78)65-22-28(3)88-91(84,85)89-90(82,83)86-23-35-45(79)46(80)51(87-35)73-26-67-44-49(73)70-52(64)71-50(44)81;;/h19,25-26,28,30-33,35,45-46,48,51-52,79-80H,11-18,20-24,58-59,64H2,1-10H3,(H2,60,74)(H2,61,75)(H2,62,76)(H2,63,77)(H,65,78)(H,82,83)(H,84,85)(H2,70,71,81);1H3;/q2*-1;+2/p-2/b34-19-,43-29-;;. The number of aromatic nitrogens is 2. The molecule has 17 unspecified atom stereocenters. The van der Waals surface area contributed by atoms with E-state index in [1.54, 1.807) is 6.21 Å². The summed E-state index contributed by atoms with van der Waals surface area (Å²) in [6.07, 6.45) is -3.73. The number of rotatable bonds is 29. The molecule has 1 radical (unpaired) electrons. The maximum absolute atomic E-state index is 14.1. The Morgan fingerprint density at radius 3 is 2.06 bits per heavy atom. The number of carbonyl (C=O) groups excluding carboxylic acids is 6. The smallest absolute Gasteiger partial charge is 0.756 e. The molecule has 0 saturated carbocycles. The number of hydrogen-bond acceptors (Lipinski definition) is 24. The first-order valence-corrected chi connectivity index (χ1v) is 33.0. The molecule has 0 aromatic carbocycles. The molecule has 17 atom stereocenters.